The summed E-state index contributed by atoms with van der Waals surface area (Å²) < 4.78 is 3.23. The lowest BCUT2D eigenvalue weighted by atomic mass is 10.0. The van der Waals surface area contributed by atoms with Gasteiger partial charge in [-0.2, -0.15) is 0 Å². The maximum Gasteiger partial charge on any atom is 0.139 e. The number of aryl methyl sites for hydroxylation is 1. The molecule has 0 amide bonds. The van der Waals surface area contributed by atoms with Crippen molar-refractivity contribution in [1.29, 1.82) is 0 Å². The summed E-state index contributed by atoms with van der Waals surface area (Å²) in [5.41, 5.74) is 3.52. The van der Waals surface area contributed by atoms with Gasteiger partial charge in [0.1, 0.15) is 16.3 Å². The molecule has 0 atom stereocenters. The number of Topliss-reactive ketones (excluding diaryl/α,β-unsaturated/α-hetero) is 1. The Bertz CT molecular complexity index is 1200. The molecule has 5 heterocycles. The minimum absolute atomic E-state index is 0. The third-order valence-electron chi connectivity index (χ3n) is 6.05. The molecule has 0 aromatic carbocycles. The molecule has 0 saturated heterocycles. The second-order valence-corrected chi connectivity index (χ2v) is 10.7. The summed E-state index contributed by atoms with van der Waals surface area (Å²) in [6.07, 6.45) is 12.4. The molecule has 0 saturated carbocycles. The van der Waals surface area contributed by atoms with Gasteiger partial charge >= 0.3 is 0 Å². The molecule has 0 radical (unpaired) electrons. The number of fused-ring (bicyclic) bond motifs is 2. The van der Waals surface area contributed by atoms with E-state index in [0.717, 1.165) is 60.8 Å². The summed E-state index contributed by atoms with van der Waals surface area (Å²) in [6.45, 7) is 4.56. The monoisotopic (exact) mass is 482 g/mol. The quantitative estimate of drug-likeness (QED) is 0.368. The molecule has 1 aliphatic heterocycles. The van der Waals surface area contributed by atoms with Crippen LogP contribution in [0.4, 0.5) is 0 Å². The van der Waals surface area contributed by atoms with Gasteiger partial charge in [-0.1, -0.05) is 0 Å². The Labute approximate surface area is 203 Å². The number of thiophene rings is 1. The average molecular weight is 483 g/mol. The lowest BCUT2D eigenvalue weighted by Gasteiger charge is -2.16. The number of nitrogens with zero attached hydrogens (tertiary/aromatic N) is 5. The first-order valence-electron chi connectivity index (χ1n) is 11.4. The van der Waals surface area contributed by atoms with E-state index in [9.17, 15) is 4.79 Å². The zero-order valence-corrected chi connectivity index (χ0v) is 20.4. The lowest BCUT2D eigenvalue weighted by Crippen LogP contribution is -2.24. The predicted molar refractivity (Wildman–Crippen MR) is 136 cm³/mol. The first kappa shape index (κ1) is 22.3. The molecular weight excluding hydrogens is 452 g/mol. The summed E-state index contributed by atoms with van der Waals surface area (Å²) in [5, 5.41) is 4.49. The van der Waals surface area contributed by atoms with Gasteiger partial charge in [-0.25, -0.2) is 9.97 Å². The highest BCUT2D eigenvalue weighted by molar-refractivity contribution is 7.22. The van der Waals surface area contributed by atoms with Crippen LogP contribution in [0.15, 0.2) is 37.2 Å². The molecule has 1 N–H and O–H groups in total. The van der Waals surface area contributed by atoms with Crippen molar-refractivity contribution in [2.24, 2.45) is 0 Å². The molecule has 0 bridgehead atoms. The first-order chi connectivity index (χ1) is 16.2. The van der Waals surface area contributed by atoms with Gasteiger partial charge in [-0.3, -0.25) is 9.78 Å². The number of pyridine rings is 1. The number of hydrogen-bond acceptors (Lipinski definition) is 8. The van der Waals surface area contributed by atoms with Crippen molar-refractivity contribution in [2.75, 3.05) is 26.7 Å². The Balaban J connectivity index is 0.00000274. The fourth-order valence-electron chi connectivity index (χ4n) is 4.29. The molecule has 7 nitrogen and oxygen atoms in total. The Hall–Kier alpha value is -2.46. The fraction of sp³-hybridized carbons (Fsp3) is 0.417. The Morgan fingerprint density at radius 2 is 2.21 bits per heavy atom. The minimum Gasteiger partial charge on any atom is -0.337 e. The SMILES string of the molecule is CN(CCCn1ccnc1)CCC(=O)Cc1sc2c(c1-c1nc3cnccc3s1)CCNC2.[HH]. The van der Waals surface area contributed by atoms with E-state index >= 15 is 0 Å². The molecule has 9 heteroatoms. The number of imidazole rings is 1. The smallest absolute Gasteiger partial charge is 0.139 e. The predicted octanol–water partition coefficient (Wildman–Crippen LogP) is 4.03. The summed E-state index contributed by atoms with van der Waals surface area (Å²) in [4.78, 5) is 30.9. The molecular formula is C24H30N6OS2. The third-order valence-corrected chi connectivity index (χ3v) is 8.34. The van der Waals surface area contributed by atoms with E-state index in [1.165, 1.54) is 20.9 Å². The second kappa shape index (κ2) is 10.2. The normalized spacial score (nSPS) is 13.6. The standard InChI is InChI=1S/C24H28N6OS2.H2/c1-29(9-2-10-30-12-8-27-16-30)11-5-17(31)13-21-23(18-3-6-26-15-22(18)32-21)24-28-19-14-25-7-4-20(19)33-24;/h4,7-8,12,14,16,26H,2-3,5-6,9-11,13,15H2,1H3;1H. The summed E-state index contributed by atoms with van der Waals surface area (Å²) in [7, 11) is 2.09. The van der Waals surface area contributed by atoms with E-state index in [2.05, 4.69) is 31.8 Å². The Kier molecular flexibility index (Phi) is 6.91. The number of ketones is 1. The highest BCUT2D eigenvalue weighted by Gasteiger charge is 2.25. The van der Waals surface area contributed by atoms with Crippen LogP contribution in [-0.4, -0.2) is 56.9 Å². The molecule has 0 spiro atoms. The Morgan fingerprint density at radius 1 is 1.27 bits per heavy atom. The number of carbonyl (C=O) groups is 1. The van der Waals surface area contributed by atoms with Crippen LogP contribution in [-0.2, 0) is 30.7 Å². The van der Waals surface area contributed by atoms with Crippen LogP contribution in [0, 0.1) is 0 Å². The van der Waals surface area contributed by atoms with Crippen LogP contribution in [0.3, 0.4) is 0 Å². The Morgan fingerprint density at radius 3 is 3.06 bits per heavy atom. The topological polar surface area (TPSA) is 75.9 Å². The molecule has 4 aromatic heterocycles. The van der Waals surface area contributed by atoms with Crippen molar-refractivity contribution in [3.05, 3.63) is 52.5 Å². The highest BCUT2D eigenvalue weighted by Crippen LogP contribution is 2.41. The van der Waals surface area contributed by atoms with Gasteiger partial charge in [-0.05, 0) is 44.6 Å². The van der Waals surface area contributed by atoms with Crippen LogP contribution < -0.4 is 5.32 Å². The van der Waals surface area contributed by atoms with Crippen molar-refractivity contribution in [2.45, 2.75) is 38.8 Å². The minimum atomic E-state index is 0. The summed E-state index contributed by atoms with van der Waals surface area (Å²) in [6, 6.07) is 2.02. The highest BCUT2D eigenvalue weighted by atomic mass is 32.1. The molecule has 5 rings (SSSR count). The molecule has 0 fully saturated rings. The fourth-order valence-corrected chi connectivity index (χ4v) is 6.74. The second-order valence-electron chi connectivity index (χ2n) is 8.51. The summed E-state index contributed by atoms with van der Waals surface area (Å²) in [5.74, 6) is 0.298. The van der Waals surface area contributed by atoms with E-state index in [-0.39, 0.29) is 1.43 Å². The van der Waals surface area contributed by atoms with Gasteiger partial charge in [0.05, 0.1) is 17.2 Å². The number of hydrogen-bond donors (Lipinski definition) is 1. The molecule has 4 aromatic rings. The number of nitrogens with one attached hydrogen (secondary N) is 1. The van der Waals surface area contributed by atoms with E-state index in [1.807, 2.05) is 31.0 Å². The molecule has 0 unspecified atom stereocenters. The molecule has 174 valence electrons. The zero-order chi connectivity index (χ0) is 22.6. The van der Waals surface area contributed by atoms with Crippen molar-refractivity contribution in [3.63, 3.8) is 0 Å². The van der Waals surface area contributed by atoms with Gasteiger partial charge in [0.2, 0.25) is 0 Å². The van der Waals surface area contributed by atoms with Gasteiger partial charge in [-0.15, -0.1) is 22.7 Å². The number of thiazole rings is 1. The van der Waals surface area contributed by atoms with Gasteiger partial charge in [0.15, 0.2) is 0 Å². The van der Waals surface area contributed by atoms with Gasteiger partial charge < -0.3 is 14.8 Å². The zero-order valence-electron chi connectivity index (χ0n) is 18.8. The maximum atomic E-state index is 13.0. The molecule has 33 heavy (non-hydrogen) atoms. The van der Waals surface area contributed by atoms with Crippen LogP contribution in [0.2, 0.25) is 0 Å². The largest absolute Gasteiger partial charge is 0.337 e. The van der Waals surface area contributed by atoms with E-state index in [1.54, 1.807) is 28.9 Å². The van der Waals surface area contributed by atoms with Crippen molar-refractivity contribution < 1.29 is 6.22 Å². The first-order valence-corrected chi connectivity index (χ1v) is 13.0. The van der Waals surface area contributed by atoms with Crippen molar-refractivity contribution in [3.8, 4) is 10.6 Å². The van der Waals surface area contributed by atoms with Gasteiger partial charge in [0.25, 0.3) is 0 Å². The number of rotatable bonds is 10. The van der Waals surface area contributed by atoms with E-state index < -0.39 is 0 Å². The summed E-state index contributed by atoms with van der Waals surface area (Å²) >= 11 is 3.49. The number of carbonyl (C=O) groups excluding carboxylic acids is 1. The van der Waals surface area contributed by atoms with Crippen LogP contribution in [0.5, 0.6) is 0 Å². The van der Waals surface area contributed by atoms with Crippen LogP contribution in [0.25, 0.3) is 20.8 Å². The van der Waals surface area contributed by atoms with E-state index in [4.69, 9.17) is 4.98 Å². The molecule has 0 aliphatic carbocycles. The lowest BCUT2D eigenvalue weighted by molar-refractivity contribution is -0.118. The molecule has 1 aliphatic rings. The van der Waals surface area contributed by atoms with Gasteiger partial charge in [0, 0.05) is 67.8 Å². The number of aromatic nitrogens is 4. The average Bonchev–Trinajstić information content (AvgIpc) is 3.55. The van der Waals surface area contributed by atoms with Crippen molar-refractivity contribution in [1.82, 2.24) is 29.7 Å². The maximum absolute atomic E-state index is 13.0. The van der Waals surface area contributed by atoms with Crippen molar-refractivity contribution >= 4 is 38.7 Å². The third kappa shape index (κ3) is 5.22. The van der Waals surface area contributed by atoms with Crippen LogP contribution >= 0.6 is 22.7 Å². The van der Waals surface area contributed by atoms with Crippen LogP contribution in [0.1, 0.15) is 29.6 Å². The van der Waals surface area contributed by atoms with E-state index in [0.29, 0.717) is 18.6 Å².